The van der Waals surface area contributed by atoms with Crippen LogP contribution in [0.25, 0.3) is 0 Å². The number of nitro groups is 1. The molecule has 6 heteroatoms. The number of benzene rings is 1. The number of nitrogens with zero attached hydrogens (tertiary/aromatic N) is 1. The van der Waals surface area contributed by atoms with Gasteiger partial charge < -0.3 is 4.74 Å². The van der Waals surface area contributed by atoms with Gasteiger partial charge in [-0.05, 0) is 17.7 Å². The SMILES string of the molecule is C=C(CCl)COc1ccc(Br)cc1[N+](=O)[O-]. The molecule has 1 aromatic carbocycles. The predicted molar refractivity (Wildman–Crippen MR) is 66.2 cm³/mol. The zero-order valence-electron chi connectivity index (χ0n) is 8.28. The molecule has 0 aromatic heterocycles. The average Bonchev–Trinajstić information content (AvgIpc) is 2.26. The zero-order chi connectivity index (χ0) is 12.1. The van der Waals surface area contributed by atoms with Gasteiger partial charge in [0, 0.05) is 16.4 Å². The maximum atomic E-state index is 10.7. The monoisotopic (exact) mass is 305 g/mol. The fourth-order valence-electron chi connectivity index (χ4n) is 0.974. The summed E-state index contributed by atoms with van der Waals surface area (Å²) < 4.78 is 5.89. The second-order valence-corrected chi connectivity index (χ2v) is 4.22. The van der Waals surface area contributed by atoms with Gasteiger partial charge in [0.15, 0.2) is 5.75 Å². The summed E-state index contributed by atoms with van der Waals surface area (Å²) in [6, 6.07) is 4.59. The zero-order valence-corrected chi connectivity index (χ0v) is 10.6. The van der Waals surface area contributed by atoms with Crippen molar-refractivity contribution in [2.75, 3.05) is 12.5 Å². The quantitative estimate of drug-likeness (QED) is 0.362. The molecule has 0 radical (unpaired) electrons. The summed E-state index contributed by atoms with van der Waals surface area (Å²) in [5.74, 6) is 0.476. The van der Waals surface area contributed by atoms with Crippen LogP contribution >= 0.6 is 27.5 Å². The van der Waals surface area contributed by atoms with Gasteiger partial charge in [0.25, 0.3) is 0 Å². The van der Waals surface area contributed by atoms with Crippen molar-refractivity contribution in [2.45, 2.75) is 0 Å². The van der Waals surface area contributed by atoms with Gasteiger partial charge in [-0.25, -0.2) is 0 Å². The van der Waals surface area contributed by atoms with Gasteiger partial charge in [0.1, 0.15) is 6.61 Å². The van der Waals surface area contributed by atoms with Gasteiger partial charge in [0.05, 0.1) is 4.92 Å². The molecule has 4 nitrogen and oxygen atoms in total. The van der Waals surface area contributed by atoms with E-state index in [1.807, 2.05) is 0 Å². The molecule has 86 valence electrons. The molecule has 0 fully saturated rings. The van der Waals surface area contributed by atoms with Crippen LogP contribution in [0.1, 0.15) is 0 Å². The Balaban J connectivity index is 2.87. The molecule has 0 amide bonds. The highest BCUT2D eigenvalue weighted by Crippen LogP contribution is 2.30. The largest absolute Gasteiger partial charge is 0.482 e. The van der Waals surface area contributed by atoms with Crippen LogP contribution in [0, 0.1) is 10.1 Å². The van der Waals surface area contributed by atoms with Crippen molar-refractivity contribution in [1.82, 2.24) is 0 Å². The topological polar surface area (TPSA) is 52.4 Å². The Labute approximate surface area is 106 Å². The molecule has 0 saturated heterocycles. The third kappa shape index (κ3) is 3.50. The second kappa shape index (κ2) is 5.86. The smallest absolute Gasteiger partial charge is 0.312 e. The third-order valence-corrected chi connectivity index (χ3v) is 2.61. The van der Waals surface area contributed by atoms with E-state index in [1.165, 1.54) is 12.1 Å². The van der Waals surface area contributed by atoms with Gasteiger partial charge in [-0.1, -0.05) is 22.5 Å². The van der Waals surface area contributed by atoms with Crippen LogP contribution in [0.15, 0.2) is 34.8 Å². The molecule has 0 aliphatic carbocycles. The van der Waals surface area contributed by atoms with Crippen LogP contribution < -0.4 is 4.74 Å². The van der Waals surface area contributed by atoms with Crippen molar-refractivity contribution in [3.05, 3.63) is 44.9 Å². The summed E-state index contributed by atoms with van der Waals surface area (Å²) in [7, 11) is 0. The van der Waals surface area contributed by atoms with E-state index >= 15 is 0 Å². The minimum absolute atomic E-state index is 0.0863. The molecule has 0 aliphatic heterocycles. The first-order chi connectivity index (χ1) is 7.54. The van der Waals surface area contributed by atoms with Gasteiger partial charge in [-0.15, -0.1) is 11.6 Å². The van der Waals surface area contributed by atoms with E-state index in [0.29, 0.717) is 10.0 Å². The van der Waals surface area contributed by atoms with E-state index in [2.05, 4.69) is 22.5 Å². The van der Waals surface area contributed by atoms with E-state index < -0.39 is 4.92 Å². The van der Waals surface area contributed by atoms with Crippen LogP contribution in [0.4, 0.5) is 5.69 Å². The number of nitro benzene ring substituents is 1. The maximum Gasteiger partial charge on any atom is 0.312 e. The lowest BCUT2D eigenvalue weighted by Gasteiger charge is -2.07. The molecule has 0 unspecified atom stereocenters. The summed E-state index contributed by atoms with van der Waals surface area (Å²) in [4.78, 5) is 10.2. The van der Waals surface area contributed by atoms with Crippen molar-refractivity contribution in [1.29, 1.82) is 0 Å². The van der Waals surface area contributed by atoms with Crippen molar-refractivity contribution in [3.8, 4) is 5.75 Å². The second-order valence-electron chi connectivity index (χ2n) is 3.04. The van der Waals surface area contributed by atoms with E-state index in [0.717, 1.165) is 0 Å². The Bertz CT molecular complexity index is 423. The van der Waals surface area contributed by atoms with E-state index in [-0.39, 0.29) is 23.9 Å². The highest BCUT2D eigenvalue weighted by atomic mass is 79.9. The van der Waals surface area contributed by atoms with Crippen molar-refractivity contribution >= 4 is 33.2 Å². The van der Waals surface area contributed by atoms with Gasteiger partial charge in [0.2, 0.25) is 0 Å². The first-order valence-electron chi connectivity index (χ1n) is 4.34. The highest BCUT2D eigenvalue weighted by molar-refractivity contribution is 9.10. The molecule has 0 heterocycles. The van der Waals surface area contributed by atoms with E-state index in [9.17, 15) is 10.1 Å². The number of halogens is 2. The average molecular weight is 307 g/mol. The van der Waals surface area contributed by atoms with Gasteiger partial charge in [-0.3, -0.25) is 10.1 Å². The molecule has 0 aliphatic rings. The molecule has 0 spiro atoms. The lowest BCUT2D eigenvalue weighted by molar-refractivity contribution is -0.385. The molecular weight excluding hydrogens is 297 g/mol. The summed E-state index contributed by atoms with van der Waals surface area (Å²) >= 11 is 8.68. The van der Waals surface area contributed by atoms with Gasteiger partial charge in [-0.2, -0.15) is 0 Å². The predicted octanol–water partition coefficient (Wildman–Crippen LogP) is 3.53. The molecule has 0 bridgehead atoms. The maximum absolute atomic E-state index is 10.7. The lowest BCUT2D eigenvalue weighted by atomic mass is 10.3. The Kier molecular flexibility index (Phi) is 4.76. The number of rotatable bonds is 5. The minimum Gasteiger partial charge on any atom is -0.482 e. The Morgan fingerprint density at radius 3 is 2.88 bits per heavy atom. The summed E-state index contributed by atoms with van der Waals surface area (Å²) in [6.07, 6.45) is 0. The number of ether oxygens (including phenoxy) is 1. The molecular formula is C10H9BrClNO3. The first kappa shape index (κ1) is 13.0. The van der Waals surface area contributed by atoms with Gasteiger partial charge >= 0.3 is 5.69 Å². The summed E-state index contributed by atoms with van der Waals surface area (Å²) in [6.45, 7) is 3.82. The normalized spacial score (nSPS) is 9.88. The Morgan fingerprint density at radius 2 is 2.31 bits per heavy atom. The van der Waals surface area contributed by atoms with E-state index in [4.69, 9.17) is 16.3 Å². The molecule has 0 saturated carbocycles. The summed E-state index contributed by atoms with van der Waals surface area (Å²) in [5.41, 5.74) is 0.579. The standard InChI is InChI=1S/C10H9BrClNO3/c1-7(5-12)6-16-10-3-2-8(11)4-9(10)13(14)15/h2-4H,1,5-6H2. The van der Waals surface area contributed by atoms with Crippen LogP contribution in [-0.4, -0.2) is 17.4 Å². The Hall–Kier alpha value is -1.07. The van der Waals surface area contributed by atoms with Crippen LogP contribution in [0.3, 0.4) is 0 Å². The van der Waals surface area contributed by atoms with Crippen molar-refractivity contribution < 1.29 is 9.66 Å². The number of hydrogen-bond acceptors (Lipinski definition) is 3. The molecule has 1 aromatic rings. The first-order valence-corrected chi connectivity index (χ1v) is 5.66. The fourth-order valence-corrected chi connectivity index (χ4v) is 1.40. The molecule has 1 rings (SSSR count). The summed E-state index contributed by atoms with van der Waals surface area (Å²) in [5, 5.41) is 10.7. The van der Waals surface area contributed by atoms with Crippen LogP contribution in [-0.2, 0) is 0 Å². The number of hydrogen-bond donors (Lipinski definition) is 0. The highest BCUT2D eigenvalue weighted by Gasteiger charge is 2.15. The molecule has 16 heavy (non-hydrogen) atoms. The van der Waals surface area contributed by atoms with Crippen LogP contribution in [0.2, 0.25) is 0 Å². The number of alkyl halides is 1. The van der Waals surface area contributed by atoms with Crippen molar-refractivity contribution in [2.24, 2.45) is 0 Å². The lowest BCUT2D eigenvalue weighted by Crippen LogP contribution is -2.03. The molecule has 0 atom stereocenters. The minimum atomic E-state index is -0.496. The fraction of sp³-hybridized carbons (Fsp3) is 0.200. The molecule has 0 N–H and O–H groups in total. The van der Waals surface area contributed by atoms with E-state index in [1.54, 1.807) is 6.07 Å². The van der Waals surface area contributed by atoms with Crippen molar-refractivity contribution in [3.63, 3.8) is 0 Å². The van der Waals surface area contributed by atoms with Crippen LogP contribution in [0.5, 0.6) is 5.75 Å². The Morgan fingerprint density at radius 1 is 1.62 bits per heavy atom. The third-order valence-electron chi connectivity index (χ3n) is 1.74.